The molecule has 2 rings (SSSR count). The first-order valence-electron chi connectivity index (χ1n) is 7.70. The maximum Gasteiger partial charge on any atom is 0.227 e. The fourth-order valence-electron chi connectivity index (χ4n) is 3.22. The summed E-state index contributed by atoms with van der Waals surface area (Å²) in [6.45, 7) is 3.50. The van der Waals surface area contributed by atoms with Gasteiger partial charge in [-0.05, 0) is 38.5 Å². The average Bonchev–Trinajstić information content (AvgIpc) is 3.23. The van der Waals surface area contributed by atoms with E-state index >= 15 is 0 Å². The highest BCUT2D eigenvalue weighted by Gasteiger charge is 2.38. The van der Waals surface area contributed by atoms with Crippen LogP contribution in [-0.4, -0.2) is 43.2 Å². The first kappa shape index (κ1) is 14.8. The number of hydrogen-bond acceptors (Lipinski definition) is 3. The minimum atomic E-state index is 0.0341. The van der Waals surface area contributed by atoms with Crippen LogP contribution in [0.15, 0.2) is 0 Å². The van der Waals surface area contributed by atoms with Crippen LogP contribution in [0.25, 0.3) is 0 Å². The van der Waals surface area contributed by atoms with Crippen LogP contribution in [0.2, 0.25) is 0 Å². The second-order valence-corrected chi connectivity index (χ2v) is 6.16. The Morgan fingerprint density at radius 3 is 2.58 bits per heavy atom. The van der Waals surface area contributed by atoms with E-state index in [1.54, 1.807) is 7.11 Å². The van der Waals surface area contributed by atoms with Gasteiger partial charge in [0.05, 0.1) is 12.5 Å². The van der Waals surface area contributed by atoms with Gasteiger partial charge in [0, 0.05) is 25.7 Å². The molecule has 0 bridgehead atoms. The van der Waals surface area contributed by atoms with Crippen LogP contribution in [0.4, 0.5) is 0 Å². The standard InChI is InChI=1S/C15H28N2O2/c1-11(12-7-8-12)17(9-10-19-2)15(18)13-5-3-4-6-14(13)16/h11-14H,3-10,16H2,1-2H3. The summed E-state index contributed by atoms with van der Waals surface area (Å²) >= 11 is 0. The fraction of sp³-hybridized carbons (Fsp3) is 0.933. The molecule has 0 saturated heterocycles. The van der Waals surface area contributed by atoms with Gasteiger partial charge in [-0.3, -0.25) is 4.79 Å². The molecule has 1 amide bonds. The van der Waals surface area contributed by atoms with Crippen molar-refractivity contribution in [2.75, 3.05) is 20.3 Å². The SMILES string of the molecule is COCCN(C(=O)C1CCCCC1N)C(C)C1CC1. The smallest absolute Gasteiger partial charge is 0.227 e. The lowest BCUT2D eigenvalue weighted by molar-refractivity contribution is -0.140. The topological polar surface area (TPSA) is 55.6 Å². The highest BCUT2D eigenvalue weighted by Crippen LogP contribution is 2.36. The van der Waals surface area contributed by atoms with E-state index in [2.05, 4.69) is 6.92 Å². The number of carbonyl (C=O) groups excluding carboxylic acids is 1. The summed E-state index contributed by atoms with van der Waals surface area (Å²) < 4.78 is 5.16. The molecule has 0 aromatic carbocycles. The van der Waals surface area contributed by atoms with Gasteiger partial charge < -0.3 is 15.4 Å². The van der Waals surface area contributed by atoms with Gasteiger partial charge in [0.15, 0.2) is 0 Å². The summed E-state index contributed by atoms with van der Waals surface area (Å²) in [6, 6.07) is 0.398. The molecular weight excluding hydrogens is 240 g/mol. The molecule has 4 nitrogen and oxygen atoms in total. The quantitative estimate of drug-likeness (QED) is 0.799. The van der Waals surface area contributed by atoms with Gasteiger partial charge in [0.1, 0.15) is 0 Å². The Morgan fingerprint density at radius 1 is 1.32 bits per heavy atom. The first-order chi connectivity index (χ1) is 9.15. The van der Waals surface area contributed by atoms with Crippen molar-refractivity contribution in [1.29, 1.82) is 0 Å². The second-order valence-electron chi connectivity index (χ2n) is 6.16. The number of nitrogens with two attached hydrogens (primary N) is 1. The third-order valence-corrected chi connectivity index (χ3v) is 4.75. The van der Waals surface area contributed by atoms with Crippen LogP contribution >= 0.6 is 0 Å². The summed E-state index contributed by atoms with van der Waals surface area (Å²) in [5, 5.41) is 0. The predicted molar refractivity (Wildman–Crippen MR) is 75.7 cm³/mol. The molecule has 0 aliphatic heterocycles. The van der Waals surface area contributed by atoms with E-state index in [0.717, 1.165) is 19.3 Å². The highest BCUT2D eigenvalue weighted by atomic mass is 16.5. The predicted octanol–water partition coefficient (Wildman–Crippen LogP) is 1.78. The van der Waals surface area contributed by atoms with Crippen molar-refractivity contribution in [2.24, 2.45) is 17.6 Å². The van der Waals surface area contributed by atoms with E-state index in [1.165, 1.54) is 19.3 Å². The molecule has 4 heteroatoms. The molecule has 2 aliphatic rings. The van der Waals surface area contributed by atoms with Crippen molar-refractivity contribution in [3.63, 3.8) is 0 Å². The van der Waals surface area contributed by atoms with Crippen molar-refractivity contribution < 1.29 is 9.53 Å². The van der Waals surface area contributed by atoms with Crippen LogP contribution in [0.5, 0.6) is 0 Å². The largest absolute Gasteiger partial charge is 0.383 e. The van der Waals surface area contributed by atoms with Crippen LogP contribution in [-0.2, 0) is 9.53 Å². The zero-order valence-electron chi connectivity index (χ0n) is 12.3. The Balaban J connectivity index is 2.00. The molecule has 0 aromatic heterocycles. The van der Waals surface area contributed by atoms with Gasteiger partial charge in [-0.15, -0.1) is 0 Å². The zero-order valence-corrected chi connectivity index (χ0v) is 12.3. The third kappa shape index (κ3) is 3.69. The number of nitrogens with zero attached hydrogens (tertiary/aromatic N) is 1. The Bertz CT molecular complexity index is 305. The minimum Gasteiger partial charge on any atom is -0.383 e. The molecular formula is C15H28N2O2. The molecule has 3 atom stereocenters. The summed E-state index contributed by atoms with van der Waals surface area (Å²) in [4.78, 5) is 14.8. The molecule has 0 radical (unpaired) electrons. The molecule has 0 aromatic rings. The normalized spacial score (nSPS) is 29.0. The van der Waals surface area contributed by atoms with Gasteiger partial charge >= 0.3 is 0 Å². The molecule has 2 saturated carbocycles. The van der Waals surface area contributed by atoms with Gasteiger partial charge in [0.2, 0.25) is 5.91 Å². The number of hydrogen-bond donors (Lipinski definition) is 1. The van der Waals surface area contributed by atoms with Gasteiger partial charge in [-0.2, -0.15) is 0 Å². The lowest BCUT2D eigenvalue weighted by Crippen LogP contribution is -2.50. The lowest BCUT2D eigenvalue weighted by Gasteiger charge is -2.36. The van der Waals surface area contributed by atoms with Gasteiger partial charge in [-0.1, -0.05) is 12.8 Å². The molecule has 2 fully saturated rings. The van der Waals surface area contributed by atoms with Crippen LogP contribution in [0.3, 0.4) is 0 Å². The number of amides is 1. The van der Waals surface area contributed by atoms with Crippen molar-refractivity contribution in [3.8, 4) is 0 Å². The Morgan fingerprint density at radius 2 is 2.00 bits per heavy atom. The number of carbonyl (C=O) groups is 1. The molecule has 3 unspecified atom stereocenters. The number of ether oxygens (including phenoxy) is 1. The van der Waals surface area contributed by atoms with E-state index in [0.29, 0.717) is 25.1 Å². The highest BCUT2D eigenvalue weighted by molar-refractivity contribution is 5.80. The maximum absolute atomic E-state index is 12.8. The Hall–Kier alpha value is -0.610. The summed E-state index contributed by atoms with van der Waals surface area (Å²) in [5.74, 6) is 0.996. The van der Waals surface area contributed by atoms with Crippen molar-refractivity contribution in [2.45, 2.75) is 57.5 Å². The first-order valence-corrected chi connectivity index (χ1v) is 7.70. The van der Waals surface area contributed by atoms with Gasteiger partial charge in [0.25, 0.3) is 0 Å². The Kier molecular flexibility index (Phi) is 5.22. The molecule has 19 heavy (non-hydrogen) atoms. The van der Waals surface area contributed by atoms with Crippen LogP contribution < -0.4 is 5.73 Å². The fourth-order valence-corrected chi connectivity index (χ4v) is 3.22. The molecule has 2 aliphatic carbocycles. The monoisotopic (exact) mass is 268 g/mol. The lowest BCUT2D eigenvalue weighted by atomic mass is 9.84. The average molecular weight is 268 g/mol. The number of methoxy groups -OCH3 is 1. The minimum absolute atomic E-state index is 0.0341. The third-order valence-electron chi connectivity index (χ3n) is 4.75. The van der Waals surface area contributed by atoms with Crippen LogP contribution in [0.1, 0.15) is 45.4 Å². The van der Waals surface area contributed by atoms with Crippen molar-refractivity contribution in [1.82, 2.24) is 4.90 Å². The summed E-state index contributed by atoms with van der Waals surface area (Å²) in [6.07, 6.45) is 6.78. The van der Waals surface area contributed by atoms with E-state index in [9.17, 15) is 4.79 Å². The van der Waals surface area contributed by atoms with E-state index in [4.69, 9.17) is 10.5 Å². The second kappa shape index (κ2) is 6.71. The van der Waals surface area contributed by atoms with E-state index in [-0.39, 0.29) is 17.9 Å². The molecule has 110 valence electrons. The molecule has 0 heterocycles. The van der Waals surface area contributed by atoms with E-state index < -0.39 is 0 Å². The zero-order chi connectivity index (χ0) is 13.8. The number of rotatable bonds is 6. The van der Waals surface area contributed by atoms with Crippen LogP contribution in [0, 0.1) is 11.8 Å². The van der Waals surface area contributed by atoms with E-state index in [1.807, 2.05) is 4.90 Å². The van der Waals surface area contributed by atoms with Gasteiger partial charge in [-0.25, -0.2) is 0 Å². The summed E-state index contributed by atoms with van der Waals surface area (Å²) in [7, 11) is 1.69. The van der Waals surface area contributed by atoms with Crippen molar-refractivity contribution >= 4 is 5.91 Å². The Labute approximate surface area is 116 Å². The molecule has 2 N–H and O–H groups in total. The van der Waals surface area contributed by atoms with Crippen molar-refractivity contribution in [3.05, 3.63) is 0 Å². The maximum atomic E-state index is 12.8. The molecule has 0 spiro atoms. The summed E-state index contributed by atoms with van der Waals surface area (Å²) in [5.41, 5.74) is 6.16.